The second kappa shape index (κ2) is 5.10. The number of hydrogen-bond donors (Lipinski definition) is 0. The smallest absolute Gasteiger partial charge is 0.186 e. The topological polar surface area (TPSA) is 9.23 Å². The highest BCUT2D eigenvalue weighted by atomic mass is 79.9. The first-order chi connectivity index (χ1) is 6.55. The Bertz CT molecular complexity index is 299. The molecule has 1 rings (SSSR count). The fourth-order valence-electron chi connectivity index (χ4n) is 0.991. The Kier molecular flexibility index (Phi) is 4.35. The number of rotatable bonds is 4. The average Bonchev–Trinajstić information content (AvgIpc) is 2.17. The Balaban J connectivity index is 2.58. The summed E-state index contributed by atoms with van der Waals surface area (Å²) in [6.07, 6.45) is 0. The predicted molar refractivity (Wildman–Crippen MR) is 66.9 cm³/mol. The molecule has 14 heavy (non-hydrogen) atoms. The van der Waals surface area contributed by atoms with Crippen LogP contribution in [0.5, 0.6) is 0 Å². The summed E-state index contributed by atoms with van der Waals surface area (Å²) < 4.78 is 7.09. The summed E-state index contributed by atoms with van der Waals surface area (Å²) in [6, 6.07) is 9.39. The van der Waals surface area contributed by atoms with Gasteiger partial charge in [-0.15, -0.1) is 0 Å². The molecule has 3 heteroatoms. The highest BCUT2D eigenvalue weighted by Crippen LogP contribution is 2.19. The zero-order valence-corrected chi connectivity index (χ0v) is 11.6. The largest absolute Gasteiger partial charge is 0.413 e. The third-order valence-corrected chi connectivity index (χ3v) is 5.83. The lowest BCUT2D eigenvalue weighted by Gasteiger charge is -2.21. The molecule has 0 bridgehead atoms. The van der Waals surface area contributed by atoms with E-state index in [2.05, 4.69) is 48.1 Å². The fourth-order valence-corrected chi connectivity index (χ4v) is 2.14. The molecule has 0 radical (unpaired) electrons. The average molecular weight is 273 g/mol. The van der Waals surface area contributed by atoms with Crippen molar-refractivity contribution in [3.63, 3.8) is 0 Å². The van der Waals surface area contributed by atoms with Crippen LogP contribution in [-0.2, 0) is 11.0 Å². The zero-order valence-electron chi connectivity index (χ0n) is 9.01. The summed E-state index contributed by atoms with van der Waals surface area (Å²) in [5, 5.41) is 0. The molecule has 0 aliphatic heterocycles. The molecule has 1 nitrogen and oxygen atoms in total. The fraction of sp³-hybridized carbons (Fsp3) is 0.455. The van der Waals surface area contributed by atoms with Gasteiger partial charge in [0.1, 0.15) is 0 Å². The van der Waals surface area contributed by atoms with E-state index in [1.54, 1.807) is 0 Å². The Morgan fingerprint density at radius 2 is 1.93 bits per heavy atom. The molecule has 0 saturated carbocycles. The summed E-state index contributed by atoms with van der Waals surface area (Å²) in [5.74, 6) is 0. The van der Waals surface area contributed by atoms with Crippen molar-refractivity contribution in [2.75, 3.05) is 0 Å². The minimum absolute atomic E-state index is 0.731. The van der Waals surface area contributed by atoms with E-state index >= 15 is 0 Å². The van der Waals surface area contributed by atoms with Crippen molar-refractivity contribution >= 4 is 24.2 Å². The molecule has 0 aliphatic rings. The summed E-state index contributed by atoms with van der Waals surface area (Å²) in [6.45, 7) is 7.44. The predicted octanol–water partition coefficient (Wildman–Crippen LogP) is 4.19. The van der Waals surface area contributed by atoms with Gasteiger partial charge in [-0.3, -0.25) is 0 Å². The van der Waals surface area contributed by atoms with E-state index < -0.39 is 8.32 Å². The molecular weight excluding hydrogens is 256 g/mol. The quantitative estimate of drug-likeness (QED) is 0.747. The highest BCUT2D eigenvalue weighted by Gasteiger charge is 2.19. The van der Waals surface area contributed by atoms with Crippen molar-refractivity contribution in [2.24, 2.45) is 0 Å². The first-order valence-electron chi connectivity index (χ1n) is 4.92. The number of hydrogen-bond acceptors (Lipinski definition) is 1. The van der Waals surface area contributed by atoms with Crippen LogP contribution in [0, 0.1) is 0 Å². The molecule has 0 fully saturated rings. The van der Waals surface area contributed by atoms with E-state index in [0.29, 0.717) is 0 Å². The van der Waals surface area contributed by atoms with Gasteiger partial charge in [0, 0.05) is 4.47 Å². The Labute approximate surface area is 95.7 Å². The zero-order chi connectivity index (χ0) is 10.6. The first-order valence-corrected chi connectivity index (χ1v) is 8.83. The van der Waals surface area contributed by atoms with Gasteiger partial charge in [-0.25, -0.2) is 0 Å². The van der Waals surface area contributed by atoms with Crippen LogP contribution in [0.1, 0.15) is 12.5 Å². The highest BCUT2D eigenvalue weighted by molar-refractivity contribution is 9.10. The van der Waals surface area contributed by atoms with Crippen LogP contribution in [-0.4, -0.2) is 8.32 Å². The lowest BCUT2D eigenvalue weighted by Crippen LogP contribution is -2.28. The maximum Gasteiger partial charge on any atom is 0.186 e. The molecule has 0 saturated heterocycles. The second-order valence-electron chi connectivity index (χ2n) is 3.99. The summed E-state index contributed by atoms with van der Waals surface area (Å²) >= 11 is 3.52. The van der Waals surface area contributed by atoms with E-state index in [-0.39, 0.29) is 0 Å². The number of halogens is 1. The van der Waals surface area contributed by atoms with Crippen molar-refractivity contribution < 1.29 is 4.43 Å². The van der Waals surface area contributed by atoms with E-state index in [9.17, 15) is 0 Å². The maximum absolute atomic E-state index is 5.95. The standard InChI is InChI=1S/C11H17BrOSi/c1-4-14(2,3)13-9-10-7-5-6-8-11(10)12/h5-8H,4,9H2,1-3H3. The van der Waals surface area contributed by atoms with Crippen molar-refractivity contribution in [3.05, 3.63) is 34.3 Å². The molecule has 0 spiro atoms. The normalized spacial score (nSPS) is 11.7. The Morgan fingerprint density at radius 3 is 2.50 bits per heavy atom. The molecule has 0 heterocycles. The van der Waals surface area contributed by atoms with Crippen LogP contribution >= 0.6 is 15.9 Å². The summed E-state index contributed by atoms with van der Waals surface area (Å²) in [4.78, 5) is 0. The molecule has 78 valence electrons. The Hall–Kier alpha value is -0.123. The maximum atomic E-state index is 5.95. The lowest BCUT2D eigenvalue weighted by molar-refractivity contribution is 0.295. The first kappa shape index (κ1) is 11.9. The molecule has 0 N–H and O–H groups in total. The van der Waals surface area contributed by atoms with Gasteiger partial charge >= 0.3 is 0 Å². The summed E-state index contributed by atoms with van der Waals surface area (Å²) in [7, 11) is -1.40. The van der Waals surface area contributed by atoms with Crippen molar-refractivity contribution in [2.45, 2.75) is 32.7 Å². The van der Waals surface area contributed by atoms with Crippen molar-refractivity contribution in [1.29, 1.82) is 0 Å². The van der Waals surface area contributed by atoms with Crippen LogP contribution < -0.4 is 0 Å². The van der Waals surface area contributed by atoms with Gasteiger partial charge in [-0.1, -0.05) is 41.1 Å². The molecule has 0 atom stereocenters. The van der Waals surface area contributed by atoms with E-state index in [1.165, 1.54) is 5.56 Å². The van der Waals surface area contributed by atoms with Gasteiger partial charge in [-0.2, -0.15) is 0 Å². The van der Waals surface area contributed by atoms with Crippen LogP contribution in [0.2, 0.25) is 19.1 Å². The van der Waals surface area contributed by atoms with E-state index in [1.807, 2.05) is 12.1 Å². The van der Waals surface area contributed by atoms with Crippen molar-refractivity contribution in [1.82, 2.24) is 0 Å². The van der Waals surface area contributed by atoms with Crippen molar-refractivity contribution in [3.8, 4) is 0 Å². The van der Waals surface area contributed by atoms with Crippen LogP contribution in [0.3, 0.4) is 0 Å². The van der Waals surface area contributed by atoms with Gasteiger partial charge < -0.3 is 4.43 Å². The Morgan fingerprint density at radius 1 is 1.29 bits per heavy atom. The van der Waals surface area contributed by atoms with Gasteiger partial charge in [-0.05, 0) is 30.8 Å². The monoisotopic (exact) mass is 272 g/mol. The van der Waals surface area contributed by atoms with Gasteiger partial charge in [0.2, 0.25) is 0 Å². The minimum Gasteiger partial charge on any atom is -0.413 e. The van der Waals surface area contributed by atoms with Gasteiger partial charge in [0.15, 0.2) is 8.32 Å². The van der Waals surface area contributed by atoms with Gasteiger partial charge in [0.05, 0.1) is 6.61 Å². The summed E-state index contributed by atoms with van der Waals surface area (Å²) in [5.41, 5.74) is 1.24. The minimum atomic E-state index is -1.40. The van der Waals surface area contributed by atoms with Crippen LogP contribution in [0.15, 0.2) is 28.7 Å². The SMILES string of the molecule is CC[Si](C)(C)OCc1ccccc1Br. The molecule has 0 unspecified atom stereocenters. The van der Waals surface area contributed by atoms with E-state index in [0.717, 1.165) is 17.1 Å². The lowest BCUT2D eigenvalue weighted by atomic mass is 10.2. The van der Waals surface area contributed by atoms with Crippen LogP contribution in [0.4, 0.5) is 0 Å². The molecule has 0 aliphatic carbocycles. The molecule has 1 aromatic carbocycles. The van der Waals surface area contributed by atoms with Crippen LogP contribution in [0.25, 0.3) is 0 Å². The second-order valence-corrected chi connectivity index (χ2v) is 9.36. The molecule has 1 aromatic rings. The molecule has 0 amide bonds. The third-order valence-electron chi connectivity index (χ3n) is 2.43. The molecular formula is C11H17BrOSi. The van der Waals surface area contributed by atoms with E-state index in [4.69, 9.17) is 4.43 Å². The molecule has 0 aromatic heterocycles. The number of benzene rings is 1. The third kappa shape index (κ3) is 3.56. The van der Waals surface area contributed by atoms with Gasteiger partial charge in [0.25, 0.3) is 0 Å².